The van der Waals surface area contributed by atoms with E-state index in [4.69, 9.17) is 10.3 Å². The van der Waals surface area contributed by atoms with Crippen molar-refractivity contribution in [2.45, 2.75) is 26.7 Å². The molecule has 19 heavy (non-hydrogen) atoms. The molecule has 2 rings (SSSR count). The molecule has 0 saturated carbocycles. The molecular weight excluding hydrogens is 242 g/mol. The second-order valence-corrected chi connectivity index (χ2v) is 5.35. The molecule has 0 aliphatic carbocycles. The SMILES string of the molecule is CC(C)CC(CN)Cc1nc(-c2cnn(C)c2)no1. The fourth-order valence-electron chi connectivity index (χ4n) is 2.17. The van der Waals surface area contributed by atoms with E-state index in [9.17, 15) is 0 Å². The van der Waals surface area contributed by atoms with Gasteiger partial charge in [-0.3, -0.25) is 4.68 Å². The van der Waals surface area contributed by atoms with Gasteiger partial charge in [-0.1, -0.05) is 19.0 Å². The first kappa shape index (κ1) is 13.7. The predicted octanol–water partition coefficient (Wildman–Crippen LogP) is 1.63. The van der Waals surface area contributed by atoms with E-state index in [0.717, 1.165) is 18.4 Å². The number of aromatic nitrogens is 4. The molecule has 2 heterocycles. The second kappa shape index (κ2) is 5.97. The largest absolute Gasteiger partial charge is 0.339 e. The van der Waals surface area contributed by atoms with Gasteiger partial charge in [-0.15, -0.1) is 0 Å². The van der Waals surface area contributed by atoms with E-state index in [1.165, 1.54) is 0 Å². The molecule has 0 bridgehead atoms. The maximum absolute atomic E-state index is 5.79. The number of rotatable bonds is 6. The summed E-state index contributed by atoms with van der Waals surface area (Å²) in [5, 5.41) is 8.08. The standard InChI is InChI=1S/C13H21N5O/c1-9(2)4-10(6-14)5-12-16-13(17-19-12)11-7-15-18(3)8-11/h7-10H,4-6,14H2,1-3H3. The Morgan fingerprint density at radius 3 is 2.79 bits per heavy atom. The maximum Gasteiger partial charge on any atom is 0.227 e. The van der Waals surface area contributed by atoms with Crippen molar-refractivity contribution in [2.75, 3.05) is 6.54 Å². The van der Waals surface area contributed by atoms with Crippen molar-refractivity contribution in [3.63, 3.8) is 0 Å². The summed E-state index contributed by atoms with van der Waals surface area (Å²) in [5.74, 6) is 2.25. The molecule has 0 spiro atoms. The molecule has 0 aliphatic rings. The average molecular weight is 263 g/mol. The summed E-state index contributed by atoms with van der Waals surface area (Å²) in [7, 11) is 1.86. The molecule has 0 aromatic carbocycles. The number of aryl methyl sites for hydroxylation is 1. The normalized spacial score (nSPS) is 13.1. The Bertz CT molecular complexity index is 517. The molecule has 6 nitrogen and oxygen atoms in total. The minimum atomic E-state index is 0.391. The molecule has 2 aromatic heterocycles. The Labute approximate surface area is 113 Å². The van der Waals surface area contributed by atoms with Crippen LogP contribution < -0.4 is 5.73 Å². The summed E-state index contributed by atoms with van der Waals surface area (Å²) in [6, 6.07) is 0. The van der Waals surface area contributed by atoms with Gasteiger partial charge < -0.3 is 10.3 Å². The quantitative estimate of drug-likeness (QED) is 0.856. The number of nitrogens with two attached hydrogens (primary N) is 1. The first-order valence-electron chi connectivity index (χ1n) is 6.60. The minimum Gasteiger partial charge on any atom is -0.339 e. The van der Waals surface area contributed by atoms with Crippen LogP contribution in [0.4, 0.5) is 0 Å². The monoisotopic (exact) mass is 263 g/mol. The third-order valence-electron chi connectivity index (χ3n) is 3.03. The topological polar surface area (TPSA) is 82.8 Å². The lowest BCUT2D eigenvalue weighted by atomic mass is 9.94. The molecule has 2 aromatic rings. The highest BCUT2D eigenvalue weighted by Crippen LogP contribution is 2.18. The van der Waals surface area contributed by atoms with E-state index in [-0.39, 0.29) is 0 Å². The number of hydrogen-bond donors (Lipinski definition) is 1. The molecule has 104 valence electrons. The molecular formula is C13H21N5O. The van der Waals surface area contributed by atoms with Crippen molar-refractivity contribution in [3.05, 3.63) is 18.3 Å². The van der Waals surface area contributed by atoms with Gasteiger partial charge in [0.1, 0.15) is 0 Å². The van der Waals surface area contributed by atoms with Crippen molar-refractivity contribution in [3.8, 4) is 11.4 Å². The van der Waals surface area contributed by atoms with Crippen LogP contribution in [0.2, 0.25) is 0 Å². The minimum absolute atomic E-state index is 0.391. The van der Waals surface area contributed by atoms with E-state index in [1.54, 1.807) is 10.9 Å². The van der Waals surface area contributed by atoms with Crippen LogP contribution in [0.25, 0.3) is 11.4 Å². The van der Waals surface area contributed by atoms with Crippen LogP contribution in [0.15, 0.2) is 16.9 Å². The van der Waals surface area contributed by atoms with E-state index in [0.29, 0.717) is 30.1 Å². The van der Waals surface area contributed by atoms with Crippen molar-refractivity contribution >= 4 is 0 Å². The van der Waals surface area contributed by atoms with Crippen molar-refractivity contribution in [2.24, 2.45) is 24.6 Å². The Kier molecular flexibility index (Phi) is 4.31. The van der Waals surface area contributed by atoms with Gasteiger partial charge in [0, 0.05) is 19.7 Å². The third-order valence-corrected chi connectivity index (χ3v) is 3.03. The van der Waals surface area contributed by atoms with Gasteiger partial charge in [-0.05, 0) is 24.8 Å². The second-order valence-electron chi connectivity index (χ2n) is 5.35. The lowest BCUT2D eigenvalue weighted by molar-refractivity contribution is 0.332. The van der Waals surface area contributed by atoms with Gasteiger partial charge in [-0.25, -0.2) is 0 Å². The summed E-state index contributed by atoms with van der Waals surface area (Å²) >= 11 is 0. The average Bonchev–Trinajstić information content (AvgIpc) is 2.96. The van der Waals surface area contributed by atoms with Gasteiger partial charge >= 0.3 is 0 Å². The highest BCUT2D eigenvalue weighted by molar-refractivity contribution is 5.50. The Balaban J connectivity index is 2.04. The Morgan fingerprint density at radius 2 is 2.21 bits per heavy atom. The number of nitrogens with zero attached hydrogens (tertiary/aromatic N) is 4. The highest BCUT2D eigenvalue weighted by atomic mass is 16.5. The first-order valence-corrected chi connectivity index (χ1v) is 6.60. The van der Waals surface area contributed by atoms with Crippen LogP contribution in [0.1, 0.15) is 26.2 Å². The van der Waals surface area contributed by atoms with Crippen LogP contribution in [-0.4, -0.2) is 26.5 Å². The predicted molar refractivity (Wildman–Crippen MR) is 72.2 cm³/mol. The molecule has 2 N–H and O–H groups in total. The van der Waals surface area contributed by atoms with Gasteiger partial charge in [-0.2, -0.15) is 10.1 Å². The van der Waals surface area contributed by atoms with Crippen LogP contribution in [-0.2, 0) is 13.5 Å². The molecule has 0 amide bonds. The third kappa shape index (κ3) is 3.64. The summed E-state index contributed by atoms with van der Waals surface area (Å²) in [4.78, 5) is 4.40. The molecule has 6 heteroatoms. The van der Waals surface area contributed by atoms with Gasteiger partial charge in [0.25, 0.3) is 0 Å². The van der Waals surface area contributed by atoms with Crippen molar-refractivity contribution < 1.29 is 4.52 Å². The fourth-order valence-corrected chi connectivity index (χ4v) is 2.17. The molecule has 0 fully saturated rings. The zero-order valence-corrected chi connectivity index (χ0v) is 11.7. The zero-order chi connectivity index (χ0) is 13.8. The van der Waals surface area contributed by atoms with Gasteiger partial charge in [0.2, 0.25) is 11.7 Å². The molecule has 0 radical (unpaired) electrons. The molecule has 1 atom stereocenters. The van der Waals surface area contributed by atoms with Crippen molar-refractivity contribution in [1.29, 1.82) is 0 Å². The zero-order valence-electron chi connectivity index (χ0n) is 11.7. The fraction of sp³-hybridized carbons (Fsp3) is 0.615. The molecule has 1 unspecified atom stereocenters. The summed E-state index contributed by atoms with van der Waals surface area (Å²) in [6.07, 6.45) is 5.40. The van der Waals surface area contributed by atoms with Crippen LogP contribution >= 0.6 is 0 Å². The number of hydrogen-bond acceptors (Lipinski definition) is 5. The van der Waals surface area contributed by atoms with E-state index >= 15 is 0 Å². The molecule has 0 saturated heterocycles. The summed E-state index contributed by atoms with van der Waals surface area (Å²) in [5.41, 5.74) is 6.65. The molecule has 0 aliphatic heterocycles. The Hall–Kier alpha value is -1.69. The smallest absolute Gasteiger partial charge is 0.227 e. The highest BCUT2D eigenvalue weighted by Gasteiger charge is 2.16. The Morgan fingerprint density at radius 1 is 1.42 bits per heavy atom. The maximum atomic E-state index is 5.79. The van der Waals surface area contributed by atoms with Crippen LogP contribution in [0.3, 0.4) is 0 Å². The van der Waals surface area contributed by atoms with Gasteiger partial charge in [0.15, 0.2) is 0 Å². The van der Waals surface area contributed by atoms with E-state index in [1.807, 2.05) is 13.2 Å². The first-order chi connectivity index (χ1) is 9.08. The van der Waals surface area contributed by atoms with E-state index < -0.39 is 0 Å². The van der Waals surface area contributed by atoms with Crippen LogP contribution in [0.5, 0.6) is 0 Å². The summed E-state index contributed by atoms with van der Waals surface area (Å²) < 4.78 is 7.00. The lowest BCUT2D eigenvalue weighted by Gasteiger charge is -2.14. The van der Waals surface area contributed by atoms with E-state index in [2.05, 4.69) is 29.1 Å². The van der Waals surface area contributed by atoms with Crippen LogP contribution in [0, 0.1) is 11.8 Å². The summed E-state index contributed by atoms with van der Waals surface area (Å²) in [6.45, 7) is 5.03. The lowest BCUT2D eigenvalue weighted by Crippen LogP contribution is -2.19. The van der Waals surface area contributed by atoms with Gasteiger partial charge in [0.05, 0.1) is 11.8 Å². The van der Waals surface area contributed by atoms with Crippen molar-refractivity contribution in [1.82, 2.24) is 19.9 Å².